The zero-order valence-electron chi connectivity index (χ0n) is 22.2. The van der Waals surface area contributed by atoms with Gasteiger partial charge in [-0.05, 0) is 69.9 Å². The topological polar surface area (TPSA) is 97.6 Å². The van der Waals surface area contributed by atoms with Crippen LogP contribution in [0.25, 0.3) is 5.65 Å². The molecule has 4 rings (SSSR count). The summed E-state index contributed by atoms with van der Waals surface area (Å²) in [6.07, 6.45) is -2.39. The maximum absolute atomic E-state index is 13.9. The van der Waals surface area contributed by atoms with Crippen LogP contribution < -0.4 is 10.6 Å². The molecule has 39 heavy (non-hydrogen) atoms. The molecule has 8 nitrogen and oxygen atoms in total. The number of carbonyl (C=O) groups is 2. The van der Waals surface area contributed by atoms with Crippen LogP contribution in [0.2, 0.25) is 0 Å². The minimum Gasteiger partial charge on any atom is -0.444 e. The number of imidazole rings is 1. The van der Waals surface area contributed by atoms with Crippen LogP contribution in [-0.4, -0.2) is 44.3 Å². The van der Waals surface area contributed by atoms with Gasteiger partial charge in [-0.15, -0.1) is 0 Å². The lowest BCUT2D eigenvalue weighted by molar-refractivity contribution is -0.144. The van der Waals surface area contributed by atoms with Crippen LogP contribution in [0.5, 0.6) is 0 Å². The van der Waals surface area contributed by atoms with E-state index in [0.29, 0.717) is 16.9 Å². The first-order chi connectivity index (χ1) is 18.1. The monoisotopic (exact) mass is 559 g/mol. The van der Waals surface area contributed by atoms with E-state index in [2.05, 4.69) is 20.7 Å². The summed E-state index contributed by atoms with van der Waals surface area (Å²) in [6, 6.07) is 0.505. The van der Waals surface area contributed by atoms with E-state index in [0.717, 1.165) is 12.8 Å². The lowest BCUT2D eigenvalue weighted by Crippen LogP contribution is -2.40. The molecule has 0 aromatic carbocycles. The highest BCUT2D eigenvalue weighted by molar-refractivity contribution is 5.76. The Morgan fingerprint density at radius 3 is 2.31 bits per heavy atom. The van der Waals surface area contributed by atoms with E-state index in [9.17, 15) is 31.5 Å². The van der Waals surface area contributed by atoms with E-state index < -0.39 is 54.6 Å². The second-order valence-electron chi connectivity index (χ2n) is 11.6. The second kappa shape index (κ2) is 10.9. The number of halogens is 5. The summed E-state index contributed by atoms with van der Waals surface area (Å²) >= 11 is 0. The SMILES string of the molecule is CC(C)(C)OC(=O)NC(c1cn2ncc([C@H](NC(=O)CCC(F)(F)F)C3CC3)cc2n1)C1CCC(F)(F)CC1. The number of fused-ring (bicyclic) bond motifs is 1. The van der Waals surface area contributed by atoms with Crippen molar-refractivity contribution in [1.82, 2.24) is 25.2 Å². The van der Waals surface area contributed by atoms with Crippen LogP contribution in [-0.2, 0) is 9.53 Å². The fraction of sp³-hybridized carbons (Fsp3) is 0.692. The van der Waals surface area contributed by atoms with Crippen molar-refractivity contribution in [2.24, 2.45) is 11.8 Å². The molecule has 2 fully saturated rings. The molecule has 0 radical (unpaired) electrons. The fourth-order valence-corrected chi connectivity index (χ4v) is 4.90. The van der Waals surface area contributed by atoms with Gasteiger partial charge in [0.2, 0.25) is 11.8 Å². The molecule has 216 valence electrons. The van der Waals surface area contributed by atoms with Crippen molar-refractivity contribution in [3.63, 3.8) is 0 Å². The average Bonchev–Trinajstić information content (AvgIpc) is 3.56. The third-order valence-electron chi connectivity index (χ3n) is 6.99. The van der Waals surface area contributed by atoms with E-state index >= 15 is 0 Å². The summed E-state index contributed by atoms with van der Waals surface area (Å²) in [5.74, 6) is -3.65. The van der Waals surface area contributed by atoms with Gasteiger partial charge in [-0.3, -0.25) is 4.79 Å². The number of hydrogen-bond donors (Lipinski definition) is 2. The Hall–Kier alpha value is -2.99. The molecule has 0 saturated heterocycles. The molecule has 0 aliphatic heterocycles. The van der Waals surface area contributed by atoms with Crippen LogP contribution in [0.15, 0.2) is 18.5 Å². The summed E-state index contributed by atoms with van der Waals surface area (Å²) < 4.78 is 72.2. The standard InChI is InChI=1S/C26H34F5N5O3/c1-24(2,3)39-23(38)35-22(16-6-9-25(27,28)10-7-16)18-14-36-19(33-18)12-17(13-32-36)21(15-4-5-15)34-20(37)8-11-26(29,30)31/h12-16,21-22H,4-11H2,1-3H3,(H,34,37)(H,35,38)/t21-,22?/m1/s1. The maximum Gasteiger partial charge on any atom is 0.408 e. The molecule has 2 aromatic heterocycles. The van der Waals surface area contributed by atoms with Crippen molar-refractivity contribution in [2.75, 3.05) is 0 Å². The van der Waals surface area contributed by atoms with E-state index in [1.807, 2.05) is 0 Å². The van der Waals surface area contributed by atoms with Gasteiger partial charge in [0.25, 0.3) is 0 Å². The molecular weight excluding hydrogens is 525 g/mol. The van der Waals surface area contributed by atoms with Crippen molar-refractivity contribution >= 4 is 17.6 Å². The van der Waals surface area contributed by atoms with Gasteiger partial charge in [0.1, 0.15) is 5.60 Å². The number of alkyl carbamates (subject to hydrolysis) is 1. The van der Waals surface area contributed by atoms with E-state index in [1.54, 1.807) is 33.0 Å². The van der Waals surface area contributed by atoms with Gasteiger partial charge in [0, 0.05) is 19.3 Å². The highest BCUT2D eigenvalue weighted by Crippen LogP contribution is 2.43. The van der Waals surface area contributed by atoms with E-state index in [1.165, 1.54) is 10.7 Å². The normalized spacial score (nSPS) is 19.9. The summed E-state index contributed by atoms with van der Waals surface area (Å²) in [5.41, 5.74) is 0.676. The van der Waals surface area contributed by atoms with E-state index in [4.69, 9.17) is 4.74 Å². The Morgan fingerprint density at radius 1 is 1.08 bits per heavy atom. The molecule has 13 heteroatoms. The number of hydrogen-bond acceptors (Lipinski definition) is 5. The van der Waals surface area contributed by atoms with Crippen molar-refractivity contribution < 1.29 is 36.3 Å². The van der Waals surface area contributed by atoms with Crippen LogP contribution in [0.1, 0.15) is 95.5 Å². The smallest absolute Gasteiger partial charge is 0.408 e. The van der Waals surface area contributed by atoms with E-state index in [-0.39, 0.29) is 37.5 Å². The zero-order valence-corrected chi connectivity index (χ0v) is 22.2. The largest absolute Gasteiger partial charge is 0.444 e. The number of alkyl halides is 5. The minimum atomic E-state index is -4.42. The quantitative estimate of drug-likeness (QED) is 0.385. The third-order valence-corrected chi connectivity index (χ3v) is 6.99. The maximum atomic E-state index is 13.9. The molecule has 1 unspecified atom stereocenters. The highest BCUT2D eigenvalue weighted by atomic mass is 19.4. The van der Waals surface area contributed by atoms with Gasteiger partial charge in [-0.2, -0.15) is 18.3 Å². The van der Waals surface area contributed by atoms with Gasteiger partial charge < -0.3 is 15.4 Å². The number of carbonyl (C=O) groups excluding carboxylic acids is 2. The summed E-state index contributed by atoms with van der Waals surface area (Å²) in [4.78, 5) is 29.5. The first-order valence-electron chi connectivity index (χ1n) is 13.2. The Bertz CT molecular complexity index is 1180. The van der Waals surface area contributed by atoms with Gasteiger partial charge in [-0.1, -0.05) is 0 Å². The highest BCUT2D eigenvalue weighted by Gasteiger charge is 2.40. The van der Waals surface area contributed by atoms with Gasteiger partial charge in [0.05, 0.1) is 36.6 Å². The number of rotatable bonds is 8. The molecular formula is C26H34F5N5O3. The summed E-state index contributed by atoms with van der Waals surface area (Å²) in [5, 5.41) is 9.89. The second-order valence-corrected chi connectivity index (χ2v) is 11.6. The fourth-order valence-electron chi connectivity index (χ4n) is 4.90. The van der Waals surface area contributed by atoms with Crippen LogP contribution in [0, 0.1) is 11.8 Å². The minimum absolute atomic E-state index is 0.0870. The molecule has 0 bridgehead atoms. The molecule has 2 saturated carbocycles. The molecule has 2 aromatic rings. The van der Waals surface area contributed by atoms with Gasteiger partial charge >= 0.3 is 12.3 Å². The Balaban J connectivity index is 1.56. The number of nitrogens with one attached hydrogen (secondary N) is 2. The Labute approximate surface area is 223 Å². The lowest BCUT2D eigenvalue weighted by atomic mass is 9.81. The third kappa shape index (κ3) is 8.25. The lowest BCUT2D eigenvalue weighted by Gasteiger charge is -2.33. The first kappa shape index (κ1) is 29.0. The molecule has 2 aliphatic rings. The summed E-state index contributed by atoms with van der Waals surface area (Å²) in [7, 11) is 0. The average molecular weight is 560 g/mol. The Morgan fingerprint density at radius 2 is 1.72 bits per heavy atom. The zero-order chi connectivity index (χ0) is 28.6. The number of nitrogens with zero attached hydrogens (tertiary/aromatic N) is 3. The predicted molar refractivity (Wildman–Crippen MR) is 131 cm³/mol. The molecule has 2 N–H and O–H groups in total. The summed E-state index contributed by atoms with van der Waals surface area (Å²) in [6.45, 7) is 5.16. The van der Waals surface area contributed by atoms with Crippen molar-refractivity contribution in [3.05, 3.63) is 29.7 Å². The van der Waals surface area contributed by atoms with Crippen LogP contribution in [0.3, 0.4) is 0 Å². The Kier molecular flexibility index (Phi) is 8.09. The molecule has 2 atom stereocenters. The van der Waals surface area contributed by atoms with Crippen molar-refractivity contribution in [2.45, 2.75) is 102 Å². The number of ether oxygens (including phenoxy) is 1. The van der Waals surface area contributed by atoms with Gasteiger partial charge in [0.15, 0.2) is 5.65 Å². The molecule has 2 amide bonds. The molecule has 2 heterocycles. The van der Waals surface area contributed by atoms with Crippen molar-refractivity contribution in [3.8, 4) is 0 Å². The first-order valence-corrected chi connectivity index (χ1v) is 13.2. The molecule has 2 aliphatic carbocycles. The predicted octanol–water partition coefficient (Wildman–Crippen LogP) is 6.03. The number of aromatic nitrogens is 3. The van der Waals surface area contributed by atoms with Crippen LogP contribution >= 0.6 is 0 Å². The van der Waals surface area contributed by atoms with Crippen molar-refractivity contribution in [1.29, 1.82) is 0 Å². The van der Waals surface area contributed by atoms with Gasteiger partial charge in [-0.25, -0.2) is 23.1 Å². The molecule has 0 spiro atoms. The number of amides is 2. The van der Waals surface area contributed by atoms with Crippen LogP contribution in [0.4, 0.5) is 26.7 Å².